The Morgan fingerprint density at radius 1 is 1.26 bits per heavy atom. The number of aromatic nitrogens is 2. The molecule has 0 aliphatic heterocycles. The Morgan fingerprint density at radius 3 is 2.84 bits per heavy atom. The molecule has 0 aliphatic carbocycles. The van der Waals surface area contributed by atoms with Crippen LogP contribution in [0.3, 0.4) is 0 Å². The number of methoxy groups -OCH3 is 1. The highest BCUT2D eigenvalue weighted by molar-refractivity contribution is 5.77. The maximum atomic E-state index is 13.1. The molecule has 2 aromatic heterocycles. The molecule has 0 aliphatic rings. The molecule has 0 fully saturated rings. The highest BCUT2D eigenvalue weighted by Crippen LogP contribution is 2.27. The predicted octanol–water partition coefficient (Wildman–Crippen LogP) is 3.35. The van der Waals surface area contributed by atoms with Crippen LogP contribution in [0.25, 0.3) is 22.6 Å². The first-order chi connectivity index (χ1) is 9.17. The largest absolute Gasteiger partial charge is 0.497 e. The Hall–Kier alpha value is -2.43. The summed E-state index contributed by atoms with van der Waals surface area (Å²) < 4.78 is 23.9. The Balaban J connectivity index is 2.11. The summed E-state index contributed by atoms with van der Waals surface area (Å²) in [4.78, 5) is 8.01. The zero-order chi connectivity index (χ0) is 13.4. The first kappa shape index (κ1) is 11.6. The molecule has 0 atom stereocenters. The van der Waals surface area contributed by atoms with E-state index in [0.29, 0.717) is 28.4 Å². The average molecular weight is 258 g/mol. The van der Waals surface area contributed by atoms with Crippen molar-refractivity contribution < 1.29 is 13.5 Å². The van der Waals surface area contributed by atoms with E-state index >= 15 is 0 Å². The number of hydrogen-bond donors (Lipinski definition) is 0. The molecule has 0 unspecified atom stereocenters. The van der Waals surface area contributed by atoms with E-state index in [1.54, 1.807) is 26.2 Å². The van der Waals surface area contributed by atoms with Crippen LogP contribution in [0.1, 0.15) is 5.56 Å². The second kappa shape index (κ2) is 4.35. The third-order valence-electron chi connectivity index (χ3n) is 2.86. The SMILES string of the molecule is COc1ccc2nc(-c3cnc(F)c(C)c3)oc2c1. The molecule has 96 valence electrons. The van der Waals surface area contributed by atoms with E-state index in [9.17, 15) is 4.39 Å². The van der Waals surface area contributed by atoms with Crippen LogP contribution in [0.15, 0.2) is 34.9 Å². The van der Waals surface area contributed by atoms with Gasteiger partial charge in [0.2, 0.25) is 11.8 Å². The molecular weight excluding hydrogens is 247 g/mol. The monoisotopic (exact) mass is 258 g/mol. The highest BCUT2D eigenvalue weighted by atomic mass is 19.1. The van der Waals surface area contributed by atoms with Crippen molar-refractivity contribution in [3.63, 3.8) is 0 Å². The molecule has 3 rings (SSSR count). The number of hydrogen-bond acceptors (Lipinski definition) is 4. The number of rotatable bonds is 2. The number of nitrogens with zero attached hydrogens (tertiary/aromatic N) is 2. The second-order valence-corrected chi connectivity index (χ2v) is 4.18. The van der Waals surface area contributed by atoms with Crippen LogP contribution < -0.4 is 4.74 Å². The number of ether oxygens (including phenoxy) is 1. The van der Waals surface area contributed by atoms with Crippen LogP contribution in [-0.4, -0.2) is 17.1 Å². The van der Waals surface area contributed by atoms with Crippen LogP contribution in [0.2, 0.25) is 0 Å². The average Bonchev–Trinajstić information content (AvgIpc) is 2.84. The summed E-state index contributed by atoms with van der Waals surface area (Å²) in [6.07, 6.45) is 1.41. The van der Waals surface area contributed by atoms with Gasteiger partial charge in [-0.25, -0.2) is 9.97 Å². The van der Waals surface area contributed by atoms with Gasteiger partial charge in [-0.1, -0.05) is 0 Å². The number of aryl methyl sites for hydroxylation is 1. The third kappa shape index (κ3) is 2.03. The van der Waals surface area contributed by atoms with Crippen molar-refractivity contribution in [1.82, 2.24) is 9.97 Å². The Bertz CT molecular complexity index is 752. The lowest BCUT2D eigenvalue weighted by Gasteiger charge is -1.97. The lowest BCUT2D eigenvalue weighted by molar-refractivity contribution is 0.414. The van der Waals surface area contributed by atoms with Gasteiger partial charge in [0.15, 0.2) is 5.58 Å². The lowest BCUT2D eigenvalue weighted by atomic mass is 10.2. The van der Waals surface area contributed by atoms with Crippen molar-refractivity contribution in [2.24, 2.45) is 0 Å². The predicted molar refractivity (Wildman–Crippen MR) is 68.5 cm³/mol. The first-order valence-electron chi connectivity index (χ1n) is 5.74. The maximum Gasteiger partial charge on any atom is 0.228 e. The normalized spacial score (nSPS) is 10.9. The van der Waals surface area contributed by atoms with Gasteiger partial charge in [0, 0.05) is 17.8 Å². The molecule has 0 bridgehead atoms. The molecule has 0 amide bonds. The summed E-state index contributed by atoms with van der Waals surface area (Å²) in [6.45, 7) is 1.65. The first-order valence-corrected chi connectivity index (χ1v) is 5.74. The molecular formula is C14H11FN2O2. The molecule has 1 aromatic carbocycles. The summed E-state index contributed by atoms with van der Waals surface area (Å²) in [5.74, 6) is 0.629. The molecule has 5 heteroatoms. The minimum Gasteiger partial charge on any atom is -0.497 e. The fraction of sp³-hybridized carbons (Fsp3) is 0.143. The number of pyridine rings is 1. The molecule has 19 heavy (non-hydrogen) atoms. The molecule has 2 heterocycles. The van der Waals surface area contributed by atoms with E-state index in [2.05, 4.69) is 9.97 Å². The highest BCUT2D eigenvalue weighted by Gasteiger charge is 2.11. The number of benzene rings is 1. The lowest BCUT2D eigenvalue weighted by Crippen LogP contribution is -1.89. The van der Waals surface area contributed by atoms with Gasteiger partial charge in [0.1, 0.15) is 11.3 Å². The summed E-state index contributed by atoms with van der Waals surface area (Å²) in [5, 5.41) is 0. The van der Waals surface area contributed by atoms with Crippen LogP contribution >= 0.6 is 0 Å². The van der Waals surface area contributed by atoms with E-state index in [1.165, 1.54) is 6.20 Å². The Morgan fingerprint density at radius 2 is 2.11 bits per heavy atom. The van der Waals surface area contributed by atoms with Crippen molar-refractivity contribution in [2.45, 2.75) is 6.92 Å². The maximum absolute atomic E-state index is 13.1. The van der Waals surface area contributed by atoms with E-state index in [0.717, 1.165) is 5.52 Å². The van der Waals surface area contributed by atoms with Crippen molar-refractivity contribution in [3.05, 3.63) is 42.0 Å². The number of fused-ring (bicyclic) bond motifs is 1. The number of halogens is 1. The van der Waals surface area contributed by atoms with Crippen LogP contribution in [0, 0.1) is 12.9 Å². The topological polar surface area (TPSA) is 48.2 Å². The van der Waals surface area contributed by atoms with E-state index in [1.807, 2.05) is 12.1 Å². The molecule has 0 radical (unpaired) electrons. The molecule has 3 aromatic rings. The Labute approximate surface area is 108 Å². The summed E-state index contributed by atoms with van der Waals surface area (Å²) in [6, 6.07) is 7.04. The summed E-state index contributed by atoms with van der Waals surface area (Å²) in [7, 11) is 1.59. The molecule has 4 nitrogen and oxygen atoms in total. The van der Waals surface area contributed by atoms with Gasteiger partial charge in [-0.2, -0.15) is 4.39 Å². The zero-order valence-electron chi connectivity index (χ0n) is 10.5. The molecule has 0 N–H and O–H groups in total. The molecule has 0 spiro atoms. The van der Waals surface area contributed by atoms with E-state index in [-0.39, 0.29) is 0 Å². The second-order valence-electron chi connectivity index (χ2n) is 4.18. The zero-order valence-corrected chi connectivity index (χ0v) is 10.5. The summed E-state index contributed by atoms with van der Waals surface area (Å²) >= 11 is 0. The van der Waals surface area contributed by atoms with Crippen LogP contribution in [-0.2, 0) is 0 Å². The van der Waals surface area contributed by atoms with Gasteiger partial charge >= 0.3 is 0 Å². The van der Waals surface area contributed by atoms with Crippen LogP contribution in [0.5, 0.6) is 5.75 Å². The summed E-state index contributed by atoms with van der Waals surface area (Å²) in [5.41, 5.74) is 2.44. The number of oxazole rings is 1. The van der Waals surface area contributed by atoms with E-state index < -0.39 is 5.95 Å². The van der Waals surface area contributed by atoms with Crippen molar-refractivity contribution >= 4 is 11.1 Å². The fourth-order valence-electron chi connectivity index (χ4n) is 1.83. The standard InChI is InChI=1S/C14H11FN2O2/c1-8-5-9(7-16-13(8)15)14-17-11-4-3-10(18-2)6-12(11)19-14/h3-7H,1-2H3. The Kier molecular flexibility index (Phi) is 2.67. The van der Waals surface area contributed by atoms with Gasteiger partial charge in [0.05, 0.1) is 12.7 Å². The molecule has 0 saturated carbocycles. The van der Waals surface area contributed by atoms with Gasteiger partial charge in [-0.15, -0.1) is 0 Å². The van der Waals surface area contributed by atoms with Crippen molar-refractivity contribution in [1.29, 1.82) is 0 Å². The van der Waals surface area contributed by atoms with Crippen molar-refractivity contribution in [2.75, 3.05) is 7.11 Å². The third-order valence-corrected chi connectivity index (χ3v) is 2.86. The van der Waals surface area contributed by atoms with Gasteiger partial charge in [-0.3, -0.25) is 0 Å². The van der Waals surface area contributed by atoms with Gasteiger partial charge in [-0.05, 0) is 25.1 Å². The minimum absolute atomic E-state index is 0.416. The van der Waals surface area contributed by atoms with Crippen LogP contribution in [0.4, 0.5) is 4.39 Å². The smallest absolute Gasteiger partial charge is 0.228 e. The molecule has 0 saturated heterocycles. The van der Waals surface area contributed by atoms with Gasteiger partial charge < -0.3 is 9.15 Å². The van der Waals surface area contributed by atoms with E-state index in [4.69, 9.17) is 9.15 Å². The van der Waals surface area contributed by atoms with Gasteiger partial charge in [0.25, 0.3) is 0 Å². The quantitative estimate of drug-likeness (QED) is 0.661. The minimum atomic E-state index is -0.485. The fourth-order valence-corrected chi connectivity index (χ4v) is 1.83. The van der Waals surface area contributed by atoms with Crippen molar-refractivity contribution in [3.8, 4) is 17.2 Å².